The number of ether oxygens (including phenoxy) is 2. The normalized spacial score (nSPS) is 12.5. The molecule has 0 spiro atoms. The molecule has 0 radical (unpaired) electrons. The lowest BCUT2D eigenvalue weighted by Gasteiger charge is -2.36. The summed E-state index contributed by atoms with van der Waals surface area (Å²) in [5.74, 6) is 0.413. The Hall–Kier alpha value is -1.59. The smallest absolute Gasteiger partial charge is 0.330 e. The molecular weight excluding hydrogens is 320 g/mol. The monoisotopic (exact) mass is 350 g/mol. The van der Waals surface area contributed by atoms with Crippen molar-refractivity contribution in [1.82, 2.24) is 0 Å². The van der Waals surface area contributed by atoms with Crippen molar-refractivity contribution in [3.63, 3.8) is 0 Å². The van der Waals surface area contributed by atoms with Crippen LogP contribution in [0.1, 0.15) is 38.8 Å². The second kappa shape index (κ2) is 8.49. The van der Waals surface area contributed by atoms with Crippen LogP contribution in [-0.2, 0) is 20.6 Å². The molecule has 0 aromatic heterocycles. The Morgan fingerprint density at radius 1 is 1.25 bits per heavy atom. The zero-order valence-corrected chi connectivity index (χ0v) is 16.9. The molecular formula is C19H30O4Si. The van der Waals surface area contributed by atoms with Crippen LogP contribution in [0, 0.1) is 0 Å². The number of carbonyl (C=O) groups is 1. The van der Waals surface area contributed by atoms with Gasteiger partial charge in [-0.1, -0.05) is 32.9 Å². The Morgan fingerprint density at radius 2 is 1.92 bits per heavy atom. The maximum absolute atomic E-state index is 11.6. The predicted molar refractivity (Wildman–Crippen MR) is 101 cm³/mol. The van der Waals surface area contributed by atoms with Crippen molar-refractivity contribution in [3.8, 4) is 5.75 Å². The number of benzene rings is 1. The topological polar surface area (TPSA) is 44.8 Å². The van der Waals surface area contributed by atoms with E-state index in [-0.39, 0.29) is 11.0 Å². The van der Waals surface area contributed by atoms with Crippen LogP contribution >= 0.6 is 0 Å². The maximum atomic E-state index is 11.6. The predicted octanol–water partition coefficient (Wildman–Crippen LogP) is 4.79. The average Bonchev–Trinajstić information content (AvgIpc) is 2.50. The Bertz CT molecular complexity index is 586. The molecule has 1 rings (SSSR count). The van der Waals surface area contributed by atoms with Gasteiger partial charge in [-0.15, -0.1) is 0 Å². The Kier molecular flexibility index (Phi) is 7.23. The first-order chi connectivity index (χ1) is 11.1. The lowest BCUT2D eigenvalue weighted by atomic mass is 10.1. The summed E-state index contributed by atoms with van der Waals surface area (Å²) in [6.07, 6.45) is 3.19. The minimum Gasteiger partial charge on any atom is -0.496 e. The second-order valence-electron chi connectivity index (χ2n) is 7.16. The van der Waals surface area contributed by atoms with Crippen LogP contribution in [0.2, 0.25) is 18.1 Å². The van der Waals surface area contributed by atoms with Crippen LogP contribution in [0.4, 0.5) is 0 Å². The van der Waals surface area contributed by atoms with Gasteiger partial charge in [0.25, 0.3) is 0 Å². The first kappa shape index (κ1) is 20.5. The Morgan fingerprint density at radius 3 is 2.46 bits per heavy atom. The van der Waals surface area contributed by atoms with E-state index in [1.807, 2.05) is 18.2 Å². The molecule has 0 saturated heterocycles. The van der Waals surface area contributed by atoms with Crippen molar-refractivity contribution in [3.05, 3.63) is 35.4 Å². The van der Waals surface area contributed by atoms with Gasteiger partial charge in [0, 0.05) is 11.6 Å². The third-order valence-electron chi connectivity index (χ3n) is 4.46. The lowest BCUT2D eigenvalue weighted by molar-refractivity contribution is -0.137. The molecule has 24 heavy (non-hydrogen) atoms. The Balaban J connectivity index is 3.06. The summed E-state index contributed by atoms with van der Waals surface area (Å²) >= 11 is 0. The Labute approximate surface area is 146 Å². The maximum Gasteiger partial charge on any atom is 0.330 e. The summed E-state index contributed by atoms with van der Waals surface area (Å²) in [5.41, 5.74) is 1.85. The lowest BCUT2D eigenvalue weighted by Crippen LogP contribution is -2.40. The summed E-state index contributed by atoms with van der Waals surface area (Å²) < 4.78 is 16.7. The molecule has 0 aliphatic carbocycles. The third-order valence-corrected chi connectivity index (χ3v) is 8.94. The van der Waals surface area contributed by atoms with Crippen LogP contribution in [-0.4, -0.2) is 28.0 Å². The van der Waals surface area contributed by atoms with Crippen molar-refractivity contribution >= 4 is 20.4 Å². The van der Waals surface area contributed by atoms with Crippen molar-refractivity contribution in [2.75, 3.05) is 13.7 Å². The number of hydrogen-bond donors (Lipinski definition) is 0. The van der Waals surface area contributed by atoms with E-state index in [4.69, 9.17) is 13.9 Å². The quantitative estimate of drug-likeness (QED) is 0.403. The summed E-state index contributed by atoms with van der Waals surface area (Å²) in [7, 11) is -0.232. The van der Waals surface area contributed by atoms with Gasteiger partial charge < -0.3 is 13.9 Å². The van der Waals surface area contributed by atoms with Gasteiger partial charge in [0.05, 0.1) is 20.3 Å². The van der Waals surface area contributed by atoms with E-state index in [2.05, 4.69) is 33.9 Å². The van der Waals surface area contributed by atoms with Crippen molar-refractivity contribution < 1.29 is 18.7 Å². The van der Waals surface area contributed by atoms with E-state index in [9.17, 15) is 4.79 Å². The minimum absolute atomic E-state index is 0.135. The van der Waals surface area contributed by atoms with Crippen LogP contribution in [0.3, 0.4) is 0 Å². The van der Waals surface area contributed by atoms with Gasteiger partial charge in [0.2, 0.25) is 0 Å². The molecule has 4 nitrogen and oxygen atoms in total. The van der Waals surface area contributed by atoms with Crippen LogP contribution in [0.15, 0.2) is 24.3 Å². The molecule has 0 bridgehead atoms. The largest absolute Gasteiger partial charge is 0.496 e. The number of methoxy groups -OCH3 is 1. The molecule has 0 aliphatic rings. The van der Waals surface area contributed by atoms with Crippen molar-refractivity contribution in [1.29, 1.82) is 0 Å². The number of rotatable bonds is 7. The van der Waals surface area contributed by atoms with Gasteiger partial charge in [-0.3, -0.25) is 0 Å². The van der Waals surface area contributed by atoms with Gasteiger partial charge in [-0.25, -0.2) is 4.79 Å². The van der Waals surface area contributed by atoms with Gasteiger partial charge in [0.15, 0.2) is 8.32 Å². The standard InChI is InChI=1S/C19H30O4Si/c1-8-22-18(20)13-12-15-10-9-11-17(21-5)16(15)14-23-24(6,7)19(2,3)4/h9-13H,8,14H2,1-7H3. The molecule has 0 atom stereocenters. The minimum atomic E-state index is -1.88. The molecule has 0 fully saturated rings. The van der Waals surface area contributed by atoms with Crippen molar-refractivity contribution in [2.24, 2.45) is 0 Å². The van der Waals surface area contributed by atoms with Crippen molar-refractivity contribution in [2.45, 2.75) is 52.4 Å². The fraction of sp³-hybridized carbons (Fsp3) is 0.526. The van der Waals surface area contributed by atoms with Gasteiger partial charge in [-0.2, -0.15) is 0 Å². The second-order valence-corrected chi connectivity index (χ2v) is 12.0. The van der Waals surface area contributed by atoms with Crippen LogP contribution in [0.5, 0.6) is 5.75 Å². The van der Waals surface area contributed by atoms with E-state index in [1.54, 1.807) is 20.1 Å². The molecule has 0 aliphatic heterocycles. The summed E-state index contributed by atoms with van der Waals surface area (Å²) in [4.78, 5) is 11.6. The van der Waals surface area contributed by atoms with E-state index in [0.717, 1.165) is 16.9 Å². The first-order valence-corrected chi connectivity index (χ1v) is 11.2. The van der Waals surface area contributed by atoms with Gasteiger partial charge in [0.1, 0.15) is 5.75 Å². The fourth-order valence-corrected chi connectivity index (χ4v) is 2.84. The van der Waals surface area contributed by atoms with Crippen LogP contribution < -0.4 is 4.74 Å². The number of esters is 1. The molecule has 1 aromatic rings. The first-order valence-electron chi connectivity index (χ1n) is 8.27. The highest BCUT2D eigenvalue weighted by Crippen LogP contribution is 2.38. The molecule has 5 heteroatoms. The summed E-state index contributed by atoms with van der Waals surface area (Å²) in [6.45, 7) is 13.7. The zero-order valence-electron chi connectivity index (χ0n) is 15.9. The molecule has 0 unspecified atom stereocenters. The molecule has 134 valence electrons. The van der Waals surface area contributed by atoms with E-state index >= 15 is 0 Å². The number of hydrogen-bond acceptors (Lipinski definition) is 4. The fourth-order valence-electron chi connectivity index (χ4n) is 1.90. The SMILES string of the molecule is CCOC(=O)C=Cc1cccc(OC)c1CO[Si](C)(C)C(C)(C)C. The highest BCUT2D eigenvalue weighted by Gasteiger charge is 2.37. The molecule has 0 N–H and O–H groups in total. The average molecular weight is 351 g/mol. The van der Waals surface area contributed by atoms with Gasteiger partial charge in [-0.05, 0) is 42.8 Å². The van der Waals surface area contributed by atoms with E-state index < -0.39 is 8.32 Å². The highest BCUT2D eigenvalue weighted by atomic mass is 28.4. The molecule has 0 saturated carbocycles. The third kappa shape index (κ3) is 5.49. The molecule has 0 heterocycles. The summed E-state index contributed by atoms with van der Waals surface area (Å²) in [6, 6.07) is 5.76. The van der Waals surface area contributed by atoms with Crippen LogP contribution in [0.25, 0.3) is 6.08 Å². The van der Waals surface area contributed by atoms with E-state index in [0.29, 0.717) is 13.2 Å². The number of carbonyl (C=O) groups excluding carboxylic acids is 1. The zero-order chi connectivity index (χ0) is 18.4. The molecule has 0 amide bonds. The highest BCUT2D eigenvalue weighted by molar-refractivity contribution is 6.74. The van der Waals surface area contributed by atoms with Gasteiger partial charge >= 0.3 is 5.97 Å². The van der Waals surface area contributed by atoms with E-state index in [1.165, 1.54) is 6.08 Å². The summed E-state index contributed by atoms with van der Waals surface area (Å²) in [5, 5.41) is 0.135. The molecule has 1 aromatic carbocycles.